The molecule has 3 amide bonds. The van der Waals surface area contributed by atoms with E-state index < -0.39 is 35.5 Å². The van der Waals surface area contributed by atoms with E-state index in [4.69, 9.17) is 9.47 Å². The van der Waals surface area contributed by atoms with E-state index in [-0.39, 0.29) is 31.1 Å². The molecule has 5 rings (SSSR count). The molecule has 3 N–H and O–H groups in total. The second kappa shape index (κ2) is 13.5. The van der Waals surface area contributed by atoms with Crippen LogP contribution in [0.4, 0.5) is 0 Å². The van der Waals surface area contributed by atoms with Gasteiger partial charge >= 0.3 is 0 Å². The van der Waals surface area contributed by atoms with Gasteiger partial charge in [0.2, 0.25) is 17.7 Å². The lowest BCUT2D eigenvalue weighted by molar-refractivity contribution is -0.133. The molecule has 3 aromatic carbocycles. The molecule has 1 saturated heterocycles. The molecule has 4 unspecified atom stereocenters. The van der Waals surface area contributed by atoms with Gasteiger partial charge in [0.25, 0.3) is 0 Å². The summed E-state index contributed by atoms with van der Waals surface area (Å²) in [5.74, 6) is -0.926. The van der Waals surface area contributed by atoms with Gasteiger partial charge in [-0.3, -0.25) is 19.2 Å². The number of hydrogen-bond acceptors (Lipinski definition) is 6. The van der Waals surface area contributed by atoms with Crippen molar-refractivity contribution in [3.05, 3.63) is 107 Å². The standard InChI is InChI=1S/C36H39N3O6/c1-22-28-13-9-8-12-26(28)20-29(22)34(42)37-23(2)33(41)39-31(19-25-14-16-27(44-4)17-15-25)35(43)38-30(32(40)36(3)21-45-36)18-24-10-6-5-7-11-24/h5-17,23,30-31H,18-21H2,1-4H3,(H,37,42)(H,38,43)(H,39,41). The first-order valence-electron chi connectivity index (χ1n) is 15.1. The van der Waals surface area contributed by atoms with Crippen LogP contribution in [0.3, 0.4) is 0 Å². The van der Waals surface area contributed by atoms with Crippen molar-refractivity contribution in [2.75, 3.05) is 13.7 Å². The van der Waals surface area contributed by atoms with Crippen LogP contribution in [0.15, 0.2) is 84.4 Å². The Hall–Kier alpha value is -4.76. The van der Waals surface area contributed by atoms with E-state index in [1.54, 1.807) is 33.1 Å². The third-order valence-corrected chi connectivity index (χ3v) is 8.50. The number of hydrogen-bond donors (Lipinski definition) is 3. The minimum absolute atomic E-state index is 0.155. The van der Waals surface area contributed by atoms with Crippen molar-refractivity contribution >= 4 is 29.1 Å². The Morgan fingerprint density at radius 1 is 0.822 bits per heavy atom. The number of epoxide rings is 1. The molecular weight excluding hydrogens is 570 g/mol. The maximum atomic E-state index is 13.8. The molecule has 1 aliphatic heterocycles. The summed E-state index contributed by atoms with van der Waals surface area (Å²) in [5, 5.41) is 8.52. The number of benzene rings is 3. The zero-order valence-electron chi connectivity index (χ0n) is 26.0. The normalized spacial score (nSPS) is 18.7. The van der Waals surface area contributed by atoms with Crippen molar-refractivity contribution in [2.24, 2.45) is 0 Å². The molecule has 45 heavy (non-hydrogen) atoms. The largest absolute Gasteiger partial charge is 0.497 e. The number of methoxy groups -OCH3 is 1. The van der Waals surface area contributed by atoms with E-state index in [2.05, 4.69) is 16.0 Å². The summed E-state index contributed by atoms with van der Waals surface area (Å²) in [6, 6.07) is 21.6. The maximum Gasteiger partial charge on any atom is 0.248 e. The van der Waals surface area contributed by atoms with Gasteiger partial charge in [-0.25, -0.2) is 0 Å². The summed E-state index contributed by atoms with van der Waals surface area (Å²) >= 11 is 0. The van der Waals surface area contributed by atoms with Gasteiger partial charge in [0.05, 0.1) is 19.8 Å². The lowest BCUT2D eigenvalue weighted by Crippen LogP contribution is -2.57. The SMILES string of the molecule is COc1ccc(CC(NC(=O)C(C)NC(=O)C2=C(C)c3ccccc3C2)C(=O)NC(Cc2ccccc2)C(=O)C2(C)CO2)cc1. The summed E-state index contributed by atoms with van der Waals surface area (Å²) in [4.78, 5) is 53.9. The molecule has 0 saturated carbocycles. The summed E-state index contributed by atoms with van der Waals surface area (Å²) in [6.07, 6.45) is 0.919. The highest BCUT2D eigenvalue weighted by atomic mass is 16.6. The number of ketones is 1. The third kappa shape index (κ3) is 7.49. The number of amides is 3. The monoisotopic (exact) mass is 609 g/mol. The van der Waals surface area contributed by atoms with E-state index in [0.29, 0.717) is 17.7 Å². The van der Waals surface area contributed by atoms with Crippen molar-refractivity contribution in [2.45, 2.75) is 63.8 Å². The van der Waals surface area contributed by atoms with Crippen LogP contribution in [0.2, 0.25) is 0 Å². The van der Waals surface area contributed by atoms with Gasteiger partial charge in [-0.1, -0.05) is 66.7 Å². The van der Waals surface area contributed by atoms with E-state index >= 15 is 0 Å². The molecule has 0 radical (unpaired) electrons. The number of rotatable bonds is 13. The predicted molar refractivity (Wildman–Crippen MR) is 170 cm³/mol. The molecule has 1 heterocycles. The number of carbonyl (C=O) groups excluding carboxylic acids is 4. The van der Waals surface area contributed by atoms with Crippen molar-refractivity contribution in [3.8, 4) is 5.75 Å². The quantitative estimate of drug-likeness (QED) is 0.255. The predicted octanol–water partition coefficient (Wildman–Crippen LogP) is 3.34. The molecule has 3 aromatic rings. The molecular formula is C36H39N3O6. The summed E-state index contributed by atoms with van der Waals surface area (Å²) in [7, 11) is 1.57. The lowest BCUT2D eigenvalue weighted by Gasteiger charge is -2.25. The molecule has 4 atom stereocenters. The molecule has 0 bridgehead atoms. The second-order valence-electron chi connectivity index (χ2n) is 11.9. The van der Waals surface area contributed by atoms with Crippen LogP contribution >= 0.6 is 0 Å². The van der Waals surface area contributed by atoms with Crippen molar-refractivity contribution in [3.63, 3.8) is 0 Å². The van der Waals surface area contributed by atoms with Gasteiger partial charge < -0.3 is 25.4 Å². The van der Waals surface area contributed by atoms with Gasteiger partial charge in [-0.2, -0.15) is 0 Å². The fraction of sp³-hybridized carbons (Fsp3) is 0.333. The number of allylic oxidation sites excluding steroid dienone is 1. The first-order chi connectivity index (χ1) is 21.6. The average Bonchev–Trinajstić information content (AvgIpc) is 3.72. The van der Waals surface area contributed by atoms with Gasteiger partial charge in [-0.15, -0.1) is 0 Å². The van der Waals surface area contributed by atoms with Crippen LogP contribution < -0.4 is 20.7 Å². The molecule has 0 spiro atoms. The van der Waals surface area contributed by atoms with E-state index in [9.17, 15) is 19.2 Å². The van der Waals surface area contributed by atoms with E-state index in [1.165, 1.54) is 0 Å². The third-order valence-electron chi connectivity index (χ3n) is 8.50. The molecule has 9 heteroatoms. The Morgan fingerprint density at radius 3 is 2.07 bits per heavy atom. The lowest BCUT2D eigenvalue weighted by atomic mass is 9.94. The Bertz CT molecular complexity index is 1610. The summed E-state index contributed by atoms with van der Waals surface area (Å²) in [5.41, 5.74) is 4.30. The van der Waals surface area contributed by atoms with E-state index in [1.807, 2.05) is 73.7 Å². The molecule has 0 aromatic heterocycles. The Kier molecular flexibility index (Phi) is 9.48. The van der Waals surface area contributed by atoms with Gasteiger partial charge in [-0.05, 0) is 67.2 Å². The molecule has 234 valence electrons. The minimum atomic E-state index is -1.03. The fourth-order valence-corrected chi connectivity index (χ4v) is 5.58. The Balaban J connectivity index is 1.31. The van der Waals surface area contributed by atoms with Gasteiger partial charge in [0.1, 0.15) is 23.4 Å². The topological polar surface area (TPSA) is 126 Å². The van der Waals surface area contributed by atoms with Crippen molar-refractivity contribution in [1.29, 1.82) is 0 Å². The number of nitrogens with one attached hydrogen (secondary N) is 3. The van der Waals surface area contributed by atoms with Crippen LogP contribution in [0.5, 0.6) is 5.75 Å². The number of ether oxygens (including phenoxy) is 2. The zero-order valence-corrected chi connectivity index (χ0v) is 26.0. The molecule has 9 nitrogen and oxygen atoms in total. The first kappa shape index (κ1) is 31.7. The van der Waals surface area contributed by atoms with Crippen molar-refractivity contribution < 1.29 is 28.7 Å². The summed E-state index contributed by atoms with van der Waals surface area (Å²) in [6.45, 7) is 5.49. The Morgan fingerprint density at radius 2 is 1.42 bits per heavy atom. The Labute approximate surface area is 263 Å². The molecule has 1 aliphatic carbocycles. The highest BCUT2D eigenvalue weighted by molar-refractivity contribution is 6.05. The average molecular weight is 610 g/mol. The van der Waals surface area contributed by atoms with Crippen molar-refractivity contribution in [1.82, 2.24) is 16.0 Å². The highest BCUT2D eigenvalue weighted by Gasteiger charge is 2.50. The van der Waals surface area contributed by atoms with Crippen LogP contribution in [-0.4, -0.2) is 60.9 Å². The number of fused-ring (bicyclic) bond motifs is 1. The molecule has 1 fully saturated rings. The van der Waals surface area contributed by atoms with Crippen LogP contribution in [0.25, 0.3) is 5.57 Å². The smallest absolute Gasteiger partial charge is 0.248 e. The second-order valence-corrected chi connectivity index (χ2v) is 11.9. The summed E-state index contributed by atoms with van der Waals surface area (Å²) < 4.78 is 10.7. The zero-order chi connectivity index (χ0) is 32.1. The van der Waals surface area contributed by atoms with Gasteiger partial charge in [0, 0.05) is 18.4 Å². The number of Topliss-reactive ketones (excluding diaryl/α,β-unsaturated/α-hetero) is 1. The minimum Gasteiger partial charge on any atom is -0.497 e. The van der Waals surface area contributed by atoms with Crippen LogP contribution in [0, 0.1) is 0 Å². The maximum absolute atomic E-state index is 13.8. The van der Waals surface area contributed by atoms with Crippen LogP contribution in [-0.2, 0) is 43.2 Å². The fourth-order valence-electron chi connectivity index (χ4n) is 5.58. The first-order valence-corrected chi connectivity index (χ1v) is 15.1. The number of carbonyl (C=O) groups is 4. The highest BCUT2D eigenvalue weighted by Crippen LogP contribution is 2.32. The van der Waals surface area contributed by atoms with Crippen LogP contribution in [0.1, 0.15) is 43.0 Å². The van der Waals surface area contributed by atoms with E-state index in [0.717, 1.165) is 27.8 Å². The van der Waals surface area contributed by atoms with Gasteiger partial charge in [0.15, 0.2) is 5.78 Å². The molecule has 2 aliphatic rings.